The molecule has 0 spiro atoms. The van der Waals surface area contributed by atoms with Crippen molar-refractivity contribution in [3.8, 4) is 0 Å². The van der Waals surface area contributed by atoms with Gasteiger partial charge in [0.2, 0.25) is 5.69 Å². The fourth-order valence-corrected chi connectivity index (χ4v) is 10.8. The fourth-order valence-electron chi connectivity index (χ4n) is 10.8. The van der Waals surface area contributed by atoms with Gasteiger partial charge in [0.15, 0.2) is 5.71 Å². The van der Waals surface area contributed by atoms with Crippen molar-refractivity contribution in [1.82, 2.24) is 0 Å². The molecule has 0 amide bonds. The maximum Gasteiger partial charge on any atom is 0.209 e. The third-order valence-corrected chi connectivity index (χ3v) is 14.4. The molecule has 0 N–H and O–H groups in total. The number of unbranched alkanes of at least 4 members (excludes halogenated alkanes) is 9. The maximum absolute atomic E-state index is 2.58. The molecule has 0 atom stereocenters. The quantitative estimate of drug-likeness (QED) is 0.0309. The van der Waals surface area contributed by atoms with Crippen molar-refractivity contribution in [2.45, 2.75) is 143 Å². The van der Waals surface area contributed by atoms with Crippen LogP contribution in [0.3, 0.4) is 0 Å². The molecule has 2 aliphatic heterocycles. The molecule has 3 heteroatoms. The smallest absolute Gasteiger partial charge is 0.209 e. The molecular formula is C61H79BN2. The number of rotatable bonds is 21. The van der Waals surface area contributed by atoms with Crippen LogP contribution in [0.1, 0.15) is 137 Å². The third kappa shape index (κ3) is 11.2. The lowest BCUT2D eigenvalue weighted by molar-refractivity contribution is -0.438. The average molecular weight is 851 g/mol. The van der Waals surface area contributed by atoms with Crippen LogP contribution < -0.4 is 21.3 Å². The standard InChI is InChI=1S/C39H55N2.C22H24B/c1-7-9-11-13-22-30-40-34-26-20-18-24-32(34)38(3,4)36(40)28-16-15-17-29-37-39(5,6)33-25-19-21-27-35(33)41(37)31-23-14-12-10-8-2;1-2-3-19-23(20-13-7-4-8-14-20,21-15-9-5-10-16-21)22-17-11-6-12-18-22/h15-21,24-29H,7-14,22-23,30-31H2,1-6H3;4-18H,2-3,19H2,1H3/q+1;-1. The Labute approximate surface area is 389 Å². The van der Waals surface area contributed by atoms with E-state index in [2.05, 4.69) is 228 Å². The Morgan fingerprint density at radius 1 is 0.484 bits per heavy atom. The van der Waals surface area contributed by atoms with Gasteiger partial charge in [-0.15, -0.1) is 0 Å². The van der Waals surface area contributed by atoms with E-state index in [0.717, 1.165) is 13.1 Å². The van der Waals surface area contributed by atoms with Crippen LogP contribution in [0.15, 0.2) is 176 Å². The number of para-hydroxylation sites is 2. The summed E-state index contributed by atoms with van der Waals surface area (Å²) >= 11 is 0. The lowest BCUT2D eigenvalue weighted by Crippen LogP contribution is -2.66. The molecule has 7 rings (SSSR count). The monoisotopic (exact) mass is 851 g/mol. The van der Waals surface area contributed by atoms with Crippen molar-refractivity contribution in [3.05, 3.63) is 187 Å². The van der Waals surface area contributed by atoms with E-state index in [4.69, 9.17) is 0 Å². The van der Waals surface area contributed by atoms with E-state index in [-0.39, 0.29) is 10.8 Å². The number of hydrogen-bond acceptors (Lipinski definition) is 1. The fraction of sp³-hybridized carbons (Fsp3) is 0.393. The highest BCUT2D eigenvalue weighted by Crippen LogP contribution is 2.47. The Morgan fingerprint density at radius 2 is 0.984 bits per heavy atom. The Hall–Kier alpha value is -5.15. The van der Waals surface area contributed by atoms with Gasteiger partial charge >= 0.3 is 0 Å². The van der Waals surface area contributed by atoms with Crippen LogP contribution in [-0.4, -0.2) is 29.5 Å². The SMILES string of the molecule is CCCCCCCN1\C(=C/C=C/C=C/C2=[N+](CCCCCCC)c3ccccc3C2(C)C)C(C)(C)c2ccccc21.CCCC[B-](c1ccccc1)(c1ccccc1)c1ccccc1. The van der Waals surface area contributed by atoms with E-state index in [9.17, 15) is 0 Å². The van der Waals surface area contributed by atoms with Crippen LogP contribution in [0.4, 0.5) is 11.4 Å². The van der Waals surface area contributed by atoms with E-state index in [0.29, 0.717) is 0 Å². The number of allylic oxidation sites excluding steroid dienone is 6. The normalized spacial score (nSPS) is 15.8. The maximum atomic E-state index is 2.58. The molecule has 5 aromatic rings. The van der Waals surface area contributed by atoms with E-state index >= 15 is 0 Å². The molecule has 0 aliphatic carbocycles. The topological polar surface area (TPSA) is 6.25 Å². The molecule has 0 aromatic heterocycles. The second-order valence-corrected chi connectivity index (χ2v) is 19.5. The summed E-state index contributed by atoms with van der Waals surface area (Å²) in [5.74, 6) is 0. The summed E-state index contributed by atoms with van der Waals surface area (Å²) in [5, 5.41) is 0. The highest BCUT2D eigenvalue weighted by molar-refractivity contribution is 7.11. The van der Waals surface area contributed by atoms with Crippen LogP contribution >= 0.6 is 0 Å². The van der Waals surface area contributed by atoms with Crippen molar-refractivity contribution >= 4 is 39.6 Å². The van der Waals surface area contributed by atoms with Crippen molar-refractivity contribution in [1.29, 1.82) is 0 Å². The highest BCUT2D eigenvalue weighted by Gasteiger charge is 2.44. The summed E-state index contributed by atoms with van der Waals surface area (Å²) in [6, 6.07) is 51.2. The lowest BCUT2D eigenvalue weighted by Gasteiger charge is -2.43. The van der Waals surface area contributed by atoms with Crippen LogP contribution in [0, 0.1) is 0 Å². The van der Waals surface area contributed by atoms with E-state index in [1.807, 2.05) is 0 Å². The number of nitrogens with zero attached hydrogens (tertiary/aromatic N) is 2. The van der Waals surface area contributed by atoms with Crippen LogP contribution in [-0.2, 0) is 10.8 Å². The van der Waals surface area contributed by atoms with Gasteiger partial charge in [0.1, 0.15) is 6.54 Å². The summed E-state index contributed by atoms with van der Waals surface area (Å²) in [7, 11) is 0. The highest BCUT2D eigenvalue weighted by atomic mass is 15.2. The van der Waals surface area contributed by atoms with Gasteiger partial charge in [-0.05, 0) is 44.4 Å². The minimum Gasteiger partial charge on any atom is -0.344 e. The summed E-state index contributed by atoms with van der Waals surface area (Å²) < 4.78 is 2.58. The van der Waals surface area contributed by atoms with Crippen molar-refractivity contribution in [2.24, 2.45) is 0 Å². The summed E-state index contributed by atoms with van der Waals surface area (Å²) in [6.45, 7) is 18.6. The van der Waals surface area contributed by atoms with Gasteiger partial charge in [-0.3, -0.25) is 0 Å². The molecule has 0 saturated heterocycles. The van der Waals surface area contributed by atoms with Gasteiger partial charge < -0.3 is 4.90 Å². The molecule has 2 nitrogen and oxygen atoms in total. The minimum absolute atomic E-state index is 0.00643. The predicted octanol–water partition coefficient (Wildman–Crippen LogP) is 14.8. The summed E-state index contributed by atoms with van der Waals surface area (Å²) in [4.78, 5) is 2.58. The molecular weight excluding hydrogens is 771 g/mol. The number of hydrogen-bond donors (Lipinski definition) is 0. The molecule has 2 aliphatic rings. The Morgan fingerprint density at radius 3 is 1.56 bits per heavy atom. The van der Waals surface area contributed by atoms with Crippen molar-refractivity contribution in [3.63, 3.8) is 0 Å². The Balaban J connectivity index is 0.000000249. The van der Waals surface area contributed by atoms with Crippen molar-refractivity contribution in [2.75, 3.05) is 18.0 Å². The number of benzene rings is 5. The molecule has 0 radical (unpaired) electrons. The van der Waals surface area contributed by atoms with Gasteiger partial charge in [0.25, 0.3) is 0 Å². The second-order valence-electron chi connectivity index (χ2n) is 19.5. The Kier molecular flexibility index (Phi) is 17.9. The zero-order chi connectivity index (χ0) is 45.3. The average Bonchev–Trinajstić information content (AvgIpc) is 3.68. The van der Waals surface area contributed by atoms with E-state index in [1.165, 1.54) is 134 Å². The summed E-state index contributed by atoms with van der Waals surface area (Å²) in [5.41, 5.74) is 12.8. The van der Waals surface area contributed by atoms with Crippen LogP contribution in [0.5, 0.6) is 0 Å². The molecule has 2 heterocycles. The third-order valence-electron chi connectivity index (χ3n) is 14.4. The zero-order valence-electron chi connectivity index (χ0n) is 40.7. The number of anilines is 1. The molecule has 0 saturated carbocycles. The first kappa shape index (κ1) is 48.3. The summed E-state index contributed by atoms with van der Waals surface area (Å²) in [6.07, 6.45) is 27.3. The predicted molar refractivity (Wildman–Crippen MR) is 284 cm³/mol. The molecule has 5 aromatic carbocycles. The zero-order valence-corrected chi connectivity index (χ0v) is 40.7. The second kappa shape index (κ2) is 23.7. The van der Waals surface area contributed by atoms with Crippen LogP contribution in [0.2, 0.25) is 6.32 Å². The van der Waals surface area contributed by atoms with Gasteiger partial charge in [0, 0.05) is 47.5 Å². The first-order chi connectivity index (χ1) is 31.2. The van der Waals surface area contributed by atoms with Gasteiger partial charge in [-0.1, -0.05) is 238 Å². The molecule has 0 bridgehead atoms. The molecule has 0 unspecified atom stereocenters. The molecule has 336 valence electrons. The molecule has 0 fully saturated rings. The largest absolute Gasteiger partial charge is 0.344 e. The minimum atomic E-state index is -0.913. The Bertz CT molecular complexity index is 2200. The first-order valence-electron chi connectivity index (χ1n) is 25.2. The van der Waals surface area contributed by atoms with E-state index in [1.54, 1.807) is 0 Å². The lowest BCUT2D eigenvalue weighted by atomic mass is 9.14. The van der Waals surface area contributed by atoms with Crippen molar-refractivity contribution < 1.29 is 4.58 Å². The van der Waals surface area contributed by atoms with Gasteiger partial charge in [-0.25, -0.2) is 0 Å². The molecule has 64 heavy (non-hydrogen) atoms. The van der Waals surface area contributed by atoms with Crippen LogP contribution in [0.25, 0.3) is 0 Å². The van der Waals surface area contributed by atoms with Gasteiger partial charge in [-0.2, -0.15) is 27.3 Å². The number of fused-ring (bicyclic) bond motifs is 2. The first-order valence-corrected chi connectivity index (χ1v) is 25.2. The van der Waals surface area contributed by atoms with E-state index < -0.39 is 6.15 Å². The van der Waals surface area contributed by atoms with Gasteiger partial charge in [0.05, 0.1) is 11.6 Å².